The van der Waals surface area contributed by atoms with E-state index in [2.05, 4.69) is 21.8 Å². The van der Waals surface area contributed by atoms with E-state index in [9.17, 15) is 8.42 Å². The number of hydrogen-bond donors (Lipinski definition) is 1. The third-order valence-electron chi connectivity index (χ3n) is 4.15. The molecule has 1 aliphatic rings. The van der Waals surface area contributed by atoms with E-state index in [1.165, 1.54) is 24.9 Å². The minimum Gasteiger partial charge on any atom is -0.372 e. The molecule has 0 saturated carbocycles. The predicted molar refractivity (Wildman–Crippen MR) is 101 cm³/mol. The lowest BCUT2D eigenvalue weighted by molar-refractivity contribution is 0.578. The van der Waals surface area contributed by atoms with Crippen molar-refractivity contribution < 1.29 is 8.42 Å². The van der Waals surface area contributed by atoms with Crippen LogP contribution in [0.2, 0.25) is 0 Å². The Kier molecular flexibility index (Phi) is 5.68. The molecule has 0 bridgehead atoms. The fraction of sp³-hybridized carbons (Fsp3) is 0.333. The van der Waals surface area contributed by atoms with Gasteiger partial charge < -0.3 is 9.62 Å². The van der Waals surface area contributed by atoms with Gasteiger partial charge in [0.15, 0.2) is 0 Å². The lowest BCUT2D eigenvalue weighted by Gasteiger charge is -2.28. The first-order valence-corrected chi connectivity index (χ1v) is 10.8. The topological polar surface area (TPSA) is 49.4 Å². The van der Waals surface area contributed by atoms with E-state index in [-0.39, 0.29) is 0 Å². The molecule has 1 heterocycles. The summed E-state index contributed by atoms with van der Waals surface area (Å²) in [4.78, 5) is 3.70. The standard InChI is InChI=1S/C18H22N2O2S2/c1-23(21)17-6-5-7-18(14-17)24(22)19-15-8-10-16(11-9-15)20-12-3-2-4-13-20/h5-11,14,19H,2-4,12-13H2,1H3. The van der Waals surface area contributed by atoms with Gasteiger partial charge in [-0.2, -0.15) is 0 Å². The van der Waals surface area contributed by atoms with Gasteiger partial charge in [-0.1, -0.05) is 6.07 Å². The van der Waals surface area contributed by atoms with Crippen LogP contribution in [0, 0.1) is 0 Å². The van der Waals surface area contributed by atoms with E-state index in [0.29, 0.717) is 9.79 Å². The second kappa shape index (κ2) is 7.94. The Bertz CT molecular complexity index is 741. The summed E-state index contributed by atoms with van der Waals surface area (Å²) in [6.07, 6.45) is 5.43. The minimum atomic E-state index is -1.37. The lowest BCUT2D eigenvalue weighted by atomic mass is 10.1. The van der Waals surface area contributed by atoms with Crippen molar-refractivity contribution >= 4 is 33.2 Å². The van der Waals surface area contributed by atoms with E-state index in [1.807, 2.05) is 12.1 Å². The summed E-state index contributed by atoms with van der Waals surface area (Å²) in [6, 6.07) is 15.1. The van der Waals surface area contributed by atoms with Gasteiger partial charge in [0.2, 0.25) is 0 Å². The number of benzene rings is 2. The second-order valence-corrected chi connectivity index (χ2v) is 8.49. The van der Waals surface area contributed by atoms with Crippen molar-refractivity contribution in [1.82, 2.24) is 0 Å². The number of nitrogens with zero attached hydrogens (tertiary/aromatic N) is 1. The number of piperidine rings is 1. The molecule has 3 rings (SSSR count). The van der Waals surface area contributed by atoms with Crippen molar-refractivity contribution in [1.29, 1.82) is 0 Å². The molecule has 4 nitrogen and oxygen atoms in total. The molecule has 2 aromatic carbocycles. The molecule has 24 heavy (non-hydrogen) atoms. The number of nitrogens with one attached hydrogen (secondary N) is 1. The summed E-state index contributed by atoms with van der Waals surface area (Å²) in [5, 5.41) is 0. The van der Waals surface area contributed by atoms with Crippen molar-refractivity contribution in [3.63, 3.8) is 0 Å². The van der Waals surface area contributed by atoms with Gasteiger partial charge in [0.25, 0.3) is 0 Å². The highest BCUT2D eigenvalue weighted by Gasteiger charge is 2.11. The van der Waals surface area contributed by atoms with E-state index < -0.39 is 21.8 Å². The fourth-order valence-electron chi connectivity index (χ4n) is 2.83. The summed E-state index contributed by atoms with van der Waals surface area (Å²) in [5.74, 6) is 0. The zero-order valence-corrected chi connectivity index (χ0v) is 15.4. The fourth-order valence-corrected chi connectivity index (χ4v) is 4.37. The number of hydrogen-bond acceptors (Lipinski definition) is 3. The largest absolute Gasteiger partial charge is 0.372 e. The molecule has 1 fully saturated rings. The van der Waals surface area contributed by atoms with Gasteiger partial charge in [-0.05, 0) is 61.7 Å². The molecule has 0 radical (unpaired) electrons. The summed E-state index contributed by atoms with van der Waals surface area (Å²) < 4.78 is 27.0. The van der Waals surface area contributed by atoms with Gasteiger partial charge in [-0.3, -0.25) is 4.21 Å². The van der Waals surface area contributed by atoms with E-state index in [0.717, 1.165) is 18.8 Å². The van der Waals surface area contributed by atoms with Crippen LogP contribution in [0.5, 0.6) is 0 Å². The molecule has 1 aliphatic heterocycles. The van der Waals surface area contributed by atoms with Gasteiger partial charge in [0.1, 0.15) is 11.0 Å². The maximum atomic E-state index is 12.5. The highest BCUT2D eigenvalue weighted by molar-refractivity contribution is 7.86. The molecular formula is C18H22N2O2S2. The SMILES string of the molecule is CS(=O)c1cccc(S(=O)Nc2ccc(N3CCCCC3)cc2)c1. The first-order valence-electron chi connectivity index (χ1n) is 8.10. The molecule has 0 aliphatic carbocycles. The molecule has 0 aromatic heterocycles. The first-order chi connectivity index (χ1) is 11.6. The second-order valence-electron chi connectivity index (χ2n) is 5.89. The molecule has 1 saturated heterocycles. The molecule has 128 valence electrons. The average molecular weight is 363 g/mol. The van der Waals surface area contributed by atoms with Crippen LogP contribution in [0.1, 0.15) is 19.3 Å². The summed E-state index contributed by atoms with van der Waals surface area (Å²) in [6.45, 7) is 2.22. The quantitative estimate of drug-likeness (QED) is 0.885. The molecule has 0 spiro atoms. The maximum Gasteiger partial charge on any atom is 0.150 e. The molecular weight excluding hydrogens is 340 g/mol. The summed E-state index contributed by atoms with van der Waals surface area (Å²) >= 11 is 0. The smallest absolute Gasteiger partial charge is 0.150 e. The molecule has 2 atom stereocenters. The van der Waals surface area contributed by atoms with Gasteiger partial charge in [-0.25, -0.2) is 4.21 Å². The van der Waals surface area contributed by atoms with Crippen molar-refractivity contribution in [3.05, 3.63) is 48.5 Å². The average Bonchev–Trinajstić information content (AvgIpc) is 2.63. The Morgan fingerprint density at radius 3 is 2.25 bits per heavy atom. The summed E-state index contributed by atoms with van der Waals surface area (Å²) in [7, 11) is -2.45. The Morgan fingerprint density at radius 2 is 1.58 bits per heavy atom. The van der Waals surface area contributed by atoms with Crippen LogP contribution in [0.3, 0.4) is 0 Å². The van der Waals surface area contributed by atoms with Crippen molar-refractivity contribution in [2.45, 2.75) is 29.1 Å². The highest BCUT2D eigenvalue weighted by atomic mass is 32.2. The maximum absolute atomic E-state index is 12.5. The summed E-state index contributed by atoms with van der Waals surface area (Å²) in [5.41, 5.74) is 2.03. The molecule has 1 N–H and O–H groups in total. The van der Waals surface area contributed by atoms with Crippen molar-refractivity contribution in [2.75, 3.05) is 29.0 Å². The van der Waals surface area contributed by atoms with Gasteiger partial charge in [0, 0.05) is 46.4 Å². The Morgan fingerprint density at radius 1 is 0.917 bits per heavy atom. The Balaban J connectivity index is 1.68. The molecule has 2 aromatic rings. The van der Waals surface area contributed by atoms with Crippen LogP contribution < -0.4 is 9.62 Å². The monoisotopic (exact) mass is 362 g/mol. The third kappa shape index (κ3) is 4.24. The molecule has 2 unspecified atom stereocenters. The van der Waals surface area contributed by atoms with Crippen LogP contribution in [-0.4, -0.2) is 27.8 Å². The van der Waals surface area contributed by atoms with Crippen LogP contribution >= 0.6 is 0 Å². The third-order valence-corrected chi connectivity index (χ3v) is 6.17. The Labute approximate surface area is 148 Å². The number of rotatable bonds is 5. The van der Waals surface area contributed by atoms with Crippen LogP contribution in [0.25, 0.3) is 0 Å². The first kappa shape index (κ1) is 17.2. The van der Waals surface area contributed by atoms with Crippen LogP contribution in [0.15, 0.2) is 58.3 Å². The lowest BCUT2D eigenvalue weighted by Crippen LogP contribution is -2.29. The van der Waals surface area contributed by atoms with Crippen LogP contribution in [-0.2, 0) is 21.8 Å². The zero-order chi connectivity index (χ0) is 16.9. The van der Waals surface area contributed by atoms with Crippen molar-refractivity contribution in [2.24, 2.45) is 0 Å². The zero-order valence-electron chi connectivity index (χ0n) is 13.7. The van der Waals surface area contributed by atoms with Gasteiger partial charge >= 0.3 is 0 Å². The Hall–Kier alpha value is -1.66. The minimum absolute atomic E-state index is 0.628. The van der Waals surface area contributed by atoms with Gasteiger partial charge in [-0.15, -0.1) is 0 Å². The van der Waals surface area contributed by atoms with E-state index in [1.54, 1.807) is 30.5 Å². The highest BCUT2D eigenvalue weighted by Crippen LogP contribution is 2.23. The van der Waals surface area contributed by atoms with Crippen LogP contribution in [0.4, 0.5) is 11.4 Å². The van der Waals surface area contributed by atoms with Gasteiger partial charge in [0.05, 0.1) is 4.90 Å². The molecule has 6 heteroatoms. The van der Waals surface area contributed by atoms with E-state index >= 15 is 0 Å². The predicted octanol–water partition coefficient (Wildman–Crippen LogP) is 3.55. The van der Waals surface area contributed by atoms with E-state index in [4.69, 9.17) is 0 Å². The molecule has 0 amide bonds. The normalized spacial score (nSPS) is 17.3. The van der Waals surface area contributed by atoms with Crippen molar-refractivity contribution in [3.8, 4) is 0 Å². The number of anilines is 2.